The van der Waals surface area contributed by atoms with Crippen molar-refractivity contribution in [2.45, 2.75) is 335 Å². The molecule has 0 bridgehead atoms. The van der Waals surface area contributed by atoms with Crippen molar-refractivity contribution in [3.63, 3.8) is 0 Å². The second-order valence-corrected chi connectivity index (χ2v) is 22.3. The number of allylic oxidation sites excluding steroid dienone is 16. The van der Waals surface area contributed by atoms with Crippen molar-refractivity contribution in [3.05, 3.63) is 97.2 Å². The smallest absolute Gasteiger partial charge is 0.306 e. The monoisotopic (exact) mass is 1100 g/mol. The van der Waals surface area contributed by atoms with Crippen LogP contribution >= 0.6 is 0 Å². The Balaban J connectivity index is 4.39. The highest BCUT2D eigenvalue weighted by atomic mass is 16.6. The Morgan fingerprint density at radius 1 is 0.266 bits per heavy atom. The zero-order valence-electron chi connectivity index (χ0n) is 52.1. The molecule has 454 valence electrons. The van der Waals surface area contributed by atoms with Crippen LogP contribution in [0.2, 0.25) is 0 Å². The van der Waals surface area contributed by atoms with Gasteiger partial charge in [0.1, 0.15) is 13.2 Å². The average Bonchev–Trinajstić information content (AvgIpc) is 3.45. The summed E-state index contributed by atoms with van der Waals surface area (Å²) >= 11 is 0. The summed E-state index contributed by atoms with van der Waals surface area (Å²) in [4.78, 5) is 38.4. The van der Waals surface area contributed by atoms with Crippen molar-refractivity contribution in [2.75, 3.05) is 13.2 Å². The SMILES string of the molecule is CC/C=C\C/C=C\C/C=C\C/C=C\C/C=C\CCCC(=O)OCC(COC(=O)CCCCCCCCCCCCCCC/C=C\C/C=C\CCCCCCC)OC(=O)CCCCCCCCCCC/C=C\CCCCCCCC. The summed E-state index contributed by atoms with van der Waals surface area (Å²) in [6.07, 6.45) is 90.0. The highest BCUT2D eigenvalue weighted by molar-refractivity contribution is 5.71. The van der Waals surface area contributed by atoms with E-state index >= 15 is 0 Å². The van der Waals surface area contributed by atoms with E-state index in [2.05, 4.69) is 118 Å². The first-order valence-corrected chi connectivity index (χ1v) is 33.7. The van der Waals surface area contributed by atoms with Crippen LogP contribution in [-0.2, 0) is 28.6 Å². The predicted octanol–water partition coefficient (Wildman–Crippen LogP) is 23.2. The minimum Gasteiger partial charge on any atom is -0.462 e. The molecule has 0 spiro atoms. The Hall–Kier alpha value is -3.67. The zero-order valence-corrected chi connectivity index (χ0v) is 52.1. The van der Waals surface area contributed by atoms with E-state index in [9.17, 15) is 14.4 Å². The quantitative estimate of drug-likeness (QED) is 0.0261. The van der Waals surface area contributed by atoms with Crippen molar-refractivity contribution in [3.8, 4) is 0 Å². The molecule has 79 heavy (non-hydrogen) atoms. The summed E-state index contributed by atoms with van der Waals surface area (Å²) < 4.78 is 16.9. The molecule has 0 aliphatic rings. The van der Waals surface area contributed by atoms with E-state index in [1.807, 2.05) is 0 Å². The molecule has 0 amide bonds. The first kappa shape index (κ1) is 75.3. The molecule has 0 N–H and O–H groups in total. The maximum absolute atomic E-state index is 12.9. The summed E-state index contributed by atoms with van der Waals surface area (Å²) in [6, 6.07) is 0. The molecule has 0 rings (SSSR count). The topological polar surface area (TPSA) is 78.9 Å². The summed E-state index contributed by atoms with van der Waals surface area (Å²) in [5, 5.41) is 0. The van der Waals surface area contributed by atoms with E-state index in [1.165, 1.54) is 199 Å². The predicted molar refractivity (Wildman–Crippen MR) is 344 cm³/mol. The molecule has 0 aromatic rings. The molecule has 6 nitrogen and oxygen atoms in total. The largest absolute Gasteiger partial charge is 0.462 e. The molecule has 1 atom stereocenters. The molecule has 0 aliphatic carbocycles. The van der Waals surface area contributed by atoms with E-state index in [4.69, 9.17) is 14.2 Å². The third-order valence-electron chi connectivity index (χ3n) is 14.5. The number of carbonyl (C=O) groups excluding carboxylic acids is 3. The molecule has 0 aromatic carbocycles. The van der Waals surface area contributed by atoms with Crippen LogP contribution in [0, 0.1) is 0 Å². The first-order chi connectivity index (χ1) is 39.0. The van der Waals surface area contributed by atoms with Crippen LogP contribution < -0.4 is 0 Å². The summed E-state index contributed by atoms with van der Waals surface area (Å²) in [5.41, 5.74) is 0. The van der Waals surface area contributed by atoms with E-state index in [0.29, 0.717) is 19.3 Å². The molecule has 0 saturated heterocycles. The molecular formula is C73H126O6. The lowest BCUT2D eigenvalue weighted by Crippen LogP contribution is -2.30. The molecule has 0 saturated carbocycles. The van der Waals surface area contributed by atoms with Crippen molar-refractivity contribution in [2.24, 2.45) is 0 Å². The van der Waals surface area contributed by atoms with Crippen LogP contribution in [-0.4, -0.2) is 37.2 Å². The number of unbranched alkanes of at least 4 members (excludes halogenated alkanes) is 34. The van der Waals surface area contributed by atoms with Gasteiger partial charge in [0.2, 0.25) is 0 Å². The second kappa shape index (κ2) is 66.8. The number of hydrogen-bond donors (Lipinski definition) is 0. The van der Waals surface area contributed by atoms with Gasteiger partial charge in [0.15, 0.2) is 6.10 Å². The molecule has 0 radical (unpaired) electrons. The van der Waals surface area contributed by atoms with Gasteiger partial charge < -0.3 is 14.2 Å². The second-order valence-electron chi connectivity index (χ2n) is 22.3. The van der Waals surface area contributed by atoms with Gasteiger partial charge >= 0.3 is 17.9 Å². The number of carbonyl (C=O) groups is 3. The van der Waals surface area contributed by atoms with Gasteiger partial charge in [-0.1, -0.05) is 291 Å². The van der Waals surface area contributed by atoms with Gasteiger partial charge in [-0.15, -0.1) is 0 Å². The minimum absolute atomic E-state index is 0.0951. The van der Waals surface area contributed by atoms with Crippen LogP contribution in [0.1, 0.15) is 329 Å². The number of hydrogen-bond acceptors (Lipinski definition) is 6. The summed E-state index contributed by atoms with van der Waals surface area (Å²) in [6.45, 7) is 6.50. The molecule has 0 fully saturated rings. The third kappa shape index (κ3) is 65.0. The summed E-state index contributed by atoms with van der Waals surface area (Å²) in [7, 11) is 0. The Morgan fingerprint density at radius 2 is 0.506 bits per heavy atom. The lowest BCUT2D eigenvalue weighted by molar-refractivity contribution is -0.167. The van der Waals surface area contributed by atoms with E-state index in [-0.39, 0.29) is 37.5 Å². The third-order valence-corrected chi connectivity index (χ3v) is 14.5. The maximum Gasteiger partial charge on any atom is 0.306 e. The Morgan fingerprint density at radius 3 is 0.835 bits per heavy atom. The molecule has 0 aromatic heterocycles. The standard InChI is InChI=1S/C73H126O6/c1-4-7-10-13-16-19-22-25-28-31-33-34-35-36-37-38-40-42-45-48-51-54-57-60-63-66-72(75)78-69-70(68-77-71(74)65-62-59-56-53-50-47-44-41-30-27-24-21-18-15-12-9-6-3)79-73(76)67-64-61-58-55-52-49-46-43-39-32-29-26-23-20-17-14-11-8-5-2/h9,12,18,21-22,25-27,29-31,33,44,47,53,56,70H,4-8,10-11,13-17,19-20,23-24,28,32,34-43,45-46,48-52,54-55,57-69H2,1-3H3/b12-9-,21-18-,25-22-,29-26-,30-27-,33-31-,47-44-,56-53-. The van der Waals surface area contributed by atoms with Gasteiger partial charge in [0, 0.05) is 19.3 Å². The Kier molecular flexibility index (Phi) is 63.7. The van der Waals surface area contributed by atoms with Gasteiger partial charge in [-0.2, -0.15) is 0 Å². The van der Waals surface area contributed by atoms with E-state index in [0.717, 1.165) is 83.5 Å². The highest BCUT2D eigenvalue weighted by Gasteiger charge is 2.19. The molecule has 6 heteroatoms. The van der Waals surface area contributed by atoms with Crippen LogP contribution in [0.15, 0.2) is 97.2 Å². The maximum atomic E-state index is 12.9. The molecule has 0 heterocycles. The lowest BCUT2D eigenvalue weighted by atomic mass is 10.0. The fourth-order valence-electron chi connectivity index (χ4n) is 9.51. The van der Waals surface area contributed by atoms with Gasteiger partial charge in [-0.3, -0.25) is 14.4 Å². The normalized spacial score (nSPS) is 12.7. The van der Waals surface area contributed by atoms with Gasteiger partial charge in [-0.05, 0) is 116 Å². The van der Waals surface area contributed by atoms with Gasteiger partial charge in [0.25, 0.3) is 0 Å². The van der Waals surface area contributed by atoms with Gasteiger partial charge in [-0.25, -0.2) is 0 Å². The van der Waals surface area contributed by atoms with E-state index in [1.54, 1.807) is 0 Å². The van der Waals surface area contributed by atoms with Crippen LogP contribution in [0.25, 0.3) is 0 Å². The van der Waals surface area contributed by atoms with Crippen LogP contribution in [0.3, 0.4) is 0 Å². The van der Waals surface area contributed by atoms with Crippen molar-refractivity contribution in [1.29, 1.82) is 0 Å². The van der Waals surface area contributed by atoms with Crippen LogP contribution in [0.4, 0.5) is 0 Å². The fourth-order valence-corrected chi connectivity index (χ4v) is 9.51. The molecule has 0 aliphatic heterocycles. The fraction of sp³-hybridized carbons (Fsp3) is 0.740. The van der Waals surface area contributed by atoms with E-state index < -0.39 is 6.10 Å². The minimum atomic E-state index is -0.804. The summed E-state index contributed by atoms with van der Waals surface area (Å²) in [5.74, 6) is -0.946. The Labute approximate surface area is 489 Å². The van der Waals surface area contributed by atoms with Crippen molar-refractivity contribution in [1.82, 2.24) is 0 Å². The van der Waals surface area contributed by atoms with Crippen LogP contribution in [0.5, 0.6) is 0 Å². The number of rotatable bonds is 61. The lowest BCUT2D eigenvalue weighted by Gasteiger charge is -2.18. The highest BCUT2D eigenvalue weighted by Crippen LogP contribution is 2.16. The number of ether oxygens (including phenoxy) is 3. The average molecular weight is 1100 g/mol. The van der Waals surface area contributed by atoms with Crippen molar-refractivity contribution >= 4 is 17.9 Å². The zero-order chi connectivity index (χ0) is 57.1. The molecule has 1 unspecified atom stereocenters. The number of esters is 3. The Bertz CT molecular complexity index is 1540. The van der Waals surface area contributed by atoms with Crippen molar-refractivity contribution < 1.29 is 28.6 Å². The first-order valence-electron chi connectivity index (χ1n) is 33.7. The van der Waals surface area contributed by atoms with Gasteiger partial charge in [0.05, 0.1) is 0 Å². The molecular weight excluding hydrogens is 973 g/mol.